The van der Waals surface area contributed by atoms with E-state index in [0.717, 1.165) is 0 Å². The van der Waals surface area contributed by atoms with E-state index >= 15 is 0 Å². The molecule has 2 heterocycles. The Labute approximate surface area is 214 Å². The summed E-state index contributed by atoms with van der Waals surface area (Å²) in [6, 6.07) is -2.18. The average Bonchev–Trinajstić information content (AvgIpc) is 3.08. The van der Waals surface area contributed by atoms with Gasteiger partial charge in [-0.2, -0.15) is 0 Å². The predicted molar refractivity (Wildman–Crippen MR) is 134 cm³/mol. The van der Waals surface area contributed by atoms with Crippen molar-refractivity contribution < 1.29 is 29.0 Å². The summed E-state index contributed by atoms with van der Waals surface area (Å²) in [7, 11) is 0. The molecule has 0 spiro atoms. The number of hydrogen-bond donors (Lipinski definition) is 4. The van der Waals surface area contributed by atoms with Gasteiger partial charge in [-0.15, -0.1) is 0 Å². The Kier molecular flexibility index (Phi) is 7.71. The number of ether oxygens (including phenoxy) is 1. The molecule has 2 aliphatic heterocycles. The molecule has 6 atom stereocenters. The molecule has 0 radical (unpaired) electrons. The number of hydrogen-bond acceptors (Lipinski definition) is 6. The van der Waals surface area contributed by atoms with Crippen molar-refractivity contribution in [2.45, 2.75) is 92.0 Å². The number of aliphatic hydroxyl groups is 1. The molecule has 3 fully saturated rings. The zero-order chi connectivity index (χ0) is 27.2. The van der Waals surface area contributed by atoms with Crippen LogP contribution in [0, 0.1) is 28.6 Å². The Hall–Kier alpha value is -2.36. The zero-order valence-electron chi connectivity index (χ0n) is 22.9. The molecule has 1 aliphatic carbocycles. The van der Waals surface area contributed by atoms with Crippen molar-refractivity contribution in [3.63, 3.8) is 0 Å². The van der Waals surface area contributed by atoms with Gasteiger partial charge >= 0.3 is 6.09 Å². The maximum atomic E-state index is 13.8. The number of fused-ring (bicyclic) bond motifs is 1. The molecule has 10 nitrogen and oxygen atoms in total. The van der Waals surface area contributed by atoms with E-state index in [1.54, 1.807) is 25.7 Å². The first-order valence-corrected chi connectivity index (χ1v) is 13.0. The van der Waals surface area contributed by atoms with Gasteiger partial charge in [-0.3, -0.25) is 14.4 Å². The molecule has 4 amide bonds. The fourth-order valence-electron chi connectivity index (χ4n) is 5.73. The van der Waals surface area contributed by atoms with E-state index in [-0.39, 0.29) is 47.5 Å². The number of aliphatic hydroxyl groups excluding tert-OH is 1. The van der Waals surface area contributed by atoms with E-state index in [9.17, 15) is 24.3 Å². The van der Waals surface area contributed by atoms with E-state index in [4.69, 9.17) is 4.74 Å². The lowest BCUT2D eigenvalue weighted by atomic mass is 9.85. The van der Waals surface area contributed by atoms with Crippen LogP contribution in [0.15, 0.2) is 0 Å². The molecule has 1 saturated carbocycles. The van der Waals surface area contributed by atoms with Crippen LogP contribution < -0.4 is 16.0 Å². The molecule has 0 aromatic rings. The van der Waals surface area contributed by atoms with E-state index in [1.807, 2.05) is 20.8 Å². The van der Waals surface area contributed by atoms with Gasteiger partial charge in [0.1, 0.15) is 17.7 Å². The molecule has 0 aromatic carbocycles. The Morgan fingerprint density at radius 2 is 1.81 bits per heavy atom. The summed E-state index contributed by atoms with van der Waals surface area (Å²) < 4.78 is 5.39. The van der Waals surface area contributed by atoms with Crippen molar-refractivity contribution in [3.05, 3.63) is 0 Å². The highest BCUT2D eigenvalue weighted by Gasteiger charge is 2.69. The predicted octanol–water partition coefficient (Wildman–Crippen LogP) is 1.41. The Bertz CT molecular complexity index is 890. The van der Waals surface area contributed by atoms with Gasteiger partial charge in [0.05, 0.1) is 12.6 Å². The first kappa shape index (κ1) is 28.2. The quantitative estimate of drug-likeness (QED) is 0.410. The smallest absolute Gasteiger partial charge is 0.408 e. The van der Waals surface area contributed by atoms with E-state index in [2.05, 4.69) is 29.8 Å². The molecule has 3 unspecified atom stereocenters. The number of nitrogens with one attached hydrogen (secondary N) is 3. The monoisotopic (exact) mass is 508 g/mol. The summed E-state index contributed by atoms with van der Waals surface area (Å²) in [4.78, 5) is 53.5. The maximum absolute atomic E-state index is 13.8. The van der Waals surface area contributed by atoms with Crippen molar-refractivity contribution >= 4 is 23.8 Å². The molecule has 10 heteroatoms. The van der Waals surface area contributed by atoms with E-state index < -0.39 is 35.2 Å². The van der Waals surface area contributed by atoms with Gasteiger partial charge in [-0.05, 0) is 56.3 Å². The molecular formula is C26H44N4O6. The summed E-state index contributed by atoms with van der Waals surface area (Å²) >= 11 is 0. The highest BCUT2D eigenvalue weighted by molar-refractivity contribution is 5.93. The second kappa shape index (κ2) is 9.84. The molecule has 204 valence electrons. The van der Waals surface area contributed by atoms with Crippen LogP contribution in [0.5, 0.6) is 0 Å². The van der Waals surface area contributed by atoms with Gasteiger partial charge in [-0.25, -0.2) is 4.79 Å². The first-order chi connectivity index (χ1) is 16.5. The number of piperidine rings is 1. The van der Waals surface area contributed by atoms with Gasteiger partial charge in [-0.1, -0.05) is 34.6 Å². The molecule has 3 aliphatic rings. The molecule has 0 bridgehead atoms. The van der Waals surface area contributed by atoms with Crippen LogP contribution in [0.2, 0.25) is 0 Å². The van der Waals surface area contributed by atoms with Crippen LogP contribution in [-0.4, -0.2) is 77.2 Å². The van der Waals surface area contributed by atoms with Crippen LogP contribution in [0.4, 0.5) is 4.79 Å². The van der Waals surface area contributed by atoms with Gasteiger partial charge in [0.25, 0.3) is 0 Å². The first-order valence-electron chi connectivity index (χ1n) is 13.0. The molecule has 36 heavy (non-hydrogen) atoms. The van der Waals surface area contributed by atoms with Gasteiger partial charge < -0.3 is 30.7 Å². The minimum absolute atomic E-state index is 0.0160. The third-order valence-corrected chi connectivity index (χ3v) is 7.83. The number of carbonyl (C=O) groups is 4. The Morgan fingerprint density at radius 3 is 2.31 bits per heavy atom. The SMILES string of the molecule is CC(C)(C)OC(=O)N[C@H](C(=O)N1CC2C([C@H]1C(=O)NC(CO)C[C@@H]1CCNC1=O)C2(C)C)C(C)(C)C. The number of rotatable bonds is 7. The normalized spacial score (nSPS) is 28.6. The Balaban J connectivity index is 1.78. The zero-order valence-corrected chi connectivity index (χ0v) is 22.9. The number of amides is 4. The van der Waals surface area contributed by atoms with Crippen molar-refractivity contribution in [3.8, 4) is 0 Å². The second-order valence-corrected chi connectivity index (χ2v) is 13.2. The van der Waals surface area contributed by atoms with Crippen molar-refractivity contribution in [1.29, 1.82) is 0 Å². The van der Waals surface area contributed by atoms with Crippen molar-refractivity contribution in [2.75, 3.05) is 19.7 Å². The van der Waals surface area contributed by atoms with Crippen LogP contribution in [-0.2, 0) is 19.1 Å². The molecule has 3 rings (SSSR count). The fraction of sp³-hybridized carbons (Fsp3) is 0.846. The number of carbonyl (C=O) groups excluding carboxylic acids is 4. The van der Waals surface area contributed by atoms with Crippen LogP contribution in [0.3, 0.4) is 0 Å². The molecule has 4 N–H and O–H groups in total. The lowest BCUT2D eigenvalue weighted by molar-refractivity contribution is -0.144. The summed E-state index contributed by atoms with van der Waals surface area (Å²) in [6.45, 7) is 15.7. The third-order valence-electron chi connectivity index (χ3n) is 7.83. The lowest BCUT2D eigenvalue weighted by Gasteiger charge is -2.38. The number of alkyl carbamates (subject to hydrolysis) is 1. The van der Waals surface area contributed by atoms with E-state index in [0.29, 0.717) is 25.9 Å². The minimum atomic E-state index is -0.890. The van der Waals surface area contributed by atoms with Crippen molar-refractivity contribution in [2.24, 2.45) is 28.6 Å². The van der Waals surface area contributed by atoms with Gasteiger partial charge in [0.2, 0.25) is 17.7 Å². The van der Waals surface area contributed by atoms with Crippen LogP contribution >= 0.6 is 0 Å². The maximum Gasteiger partial charge on any atom is 0.408 e. The van der Waals surface area contributed by atoms with E-state index in [1.165, 1.54) is 0 Å². The number of nitrogens with zero attached hydrogens (tertiary/aromatic N) is 1. The highest BCUT2D eigenvalue weighted by Crippen LogP contribution is 2.65. The highest BCUT2D eigenvalue weighted by atomic mass is 16.6. The molecular weight excluding hydrogens is 464 g/mol. The van der Waals surface area contributed by atoms with Crippen molar-refractivity contribution in [1.82, 2.24) is 20.9 Å². The molecule has 0 aromatic heterocycles. The largest absolute Gasteiger partial charge is 0.444 e. The average molecular weight is 509 g/mol. The van der Waals surface area contributed by atoms with Crippen LogP contribution in [0.1, 0.15) is 68.2 Å². The summed E-state index contributed by atoms with van der Waals surface area (Å²) in [5.41, 5.74) is -1.43. The number of likely N-dealkylation sites (tertiary alicyclic amines) is 1. The summed E-state index contributed by atoms with van der Waals surface area (Å²) in [6.07, 6.45) is 0.328. The summed E-state index contributed by atoms with van der Waals surface area (Å²) in [5, 5.41) is 18.3. The third kappa shape index (κ3) is 5.95. The molecule has 2 saturated heterocycles. The minimum Gasteiger partial charge on any atom is -0.444 e. The van der Waals surface area contributed by atoms with Gasteiger partial charge in [0.15, 0.2) is 0 Å². The van der Waals surface area contributed by atoms with Gasteiger partial charge in [0, 0.05) is 19.0 Å². The Morgan fingerprint density at radius 1 is 1.17 bits per heavy atom. The topological polar surface area (TPSA) is 137 Å². The standard InChI is InChI=1S/C26H44N4O6/c1-24(2,3)19(29-23(35)36-25(4,5)6)22(34)30-12-16-17(26(16,7)8)18(30)21(33)28-15(13-31)11-14-9-10-27-20(14)32/h14-19,31H,9-13H2,1-8H3,(H,27,32)(H,28,33)(H,29,35)/t14-,15?,16?,17?,18-,19+/m0/s1. The van der Waals surface area contributed by atoms with Crippen LogP contribution in [0.25, 0.3) is 0 Å². The lowest BCUT2D eigenvalue weighted by Crippen LogP contribution is -2.60. The second-order valence-electron chi connectivity index (χ2n) is 13.2. The summed E-state index contributed by atoms with van der Waals surface area (Å²) in [5.74, 6) is -0.816. The fourth-order valence-corrected chi connectivity index (χ4v) is 5.73.